The molecule has 0 aromatic heterocycles. The Labute approximate surface area is 117 Å². The summed E-state index contributed by atoms with van der Waals surface area (Å²) < 4.78 is 11.0. The van der Waals surface area contributed by atoms with Gasteiger partial charge in [0, 0.05) is 19.8 Å². The van der Waals surface area contributed by atoms with Crippen LogP contribution in [0.15, 0.2) is 24.3 Å². The Kier molecular flexibility index (Phi) is 9.11. The van der Waals surface area contributed by atoms with Crippen molar-refractivity contribution in [2.24, 2.45) is 0 Å². The van der Waals surface area contributed by atoms with Crippen LogP contribution in [-0.2, 0) is 11.3 Å². The quantitative estimate of drug-likeness (QED) is 0.622. The van der Waals surface area contributed by atoms with Crippen molar-refractivity contribution in [3.05, 3.63) is 29.8 Å². The van der Waals surface area contributed by atoms with E-state index >= 15 is 0 Å². The van der Waals surface area contributed by atoms with E-state index in [0.29, 0.717) is 0 Å². The summed E-state index contributed by atoms with van der Waals surface area (Å²) in [6.45, 7) is 8.52. The van der Waals surface area contributed by atoms with Crippen LogP contribution < -0.4 is 10.1 Å². The fourth-order valence-corrected chi connectivity index (χ4v) is 1.76. The van der Waals surface area contributed by atoms with Gasteiger partial charge < -0.3 is 14.8 Å². The van der Waals surface area contributed by atoms with Crippen molar-refractivity contribution >= 4 is 0 Å². The summed E-state index contributed by atoms with van der Waals surface area (Å²) in [6, 6.07) is 8.32. The zero-order valence-corrected chi connectivity index (χ0v) is 12.3. The van der Waals surface area contributed by atoms with Gasteiger partial charge in [-0.1, -0.05) is 25.5 Å². The van der Waals surface area contributed by atoms with Gasteiger partial charge in [0.1, 0.15) is 5.75 Å². The Morgan fingerprint density at radius 3 is 2.79 bits per heavy atom. The van der Waals surface area contributed by atoms with Crippen LogP contribution in [0.25, 0.3) is 0 Å². The summed E-state index contributed by atoms with van der Waals surface area (Å²) >= 11 is 0. The Balaban J connectivity index is 2.20. The molecule has 0 fully saturated rings. The van der Waals surface area contributed by atoms with E-state index in [1.165, 1.54) is 12.0 Å². The molecule has 0 unspecified atom stereocenters. The molecule has 108 valence electrons. The highest BCUT2D eigenvalue weighted by Gasteiger charge is 1.97. The lowest BCUT2D eigenvalue weighted by Crippen LogP contribution is -2.16. The molecule has 0 spiro atoms. The zero-order chi connectivity index (χ0) is 13.8. The highest BCUT2D eigenvalue weighted by atomic mass is 16.5. The second-order valence-electron chi connectivity index (χ2n) is 4.58. The summed E-state index contributed by atoms with van der Waals surface area (Å²) in [4.78, 5) is 0. The minimum atomic E-state index is 0.803. The van der Waals surface area contributed by atoms with Gasteiger partial charge in [-0.05, 0) is 44.0 Å². The first-order valence-electron chi connectivity index (χ1n) is 7.37. The molecule has 0 radical (unpaired) electrons. The molecule has 1 rings (SSSR count). The lowest BCUT2D eigenvalue weighted by Gasteiger charge is -2.08. The van der Waals surface area contributed by atoms with Gasteiger partial charge in [-0.2, -0.15) is 0 Å². The van der Waals surface area contributed by atoms with Crippen molar-refractivity contribution in [3.63, 3.8) is 0 Å². The molecule has 0 aliphatic carbocycles. The van der Waals surface area contributed by atoms with E-state index in [-0.39, 0.29) is 0 Å². The van der Waals surface area contributed by atoms with E-state index < -0.39 is 0 Å². The van der Waals surface area contributed by atoms with Gasteiger partial charge in [0.05, 0.1) is 6.61 Å². The van der Waals surface area contributed by atoms with Crippen LogP contribution in [0.1, 0.15) is 38.7 Å². The molecule has 0 saturated heterocycles. The third-order valence-corrected chi connectivity index (χ3v) is 2.84. The molecule has 3 nitrogen and oxygen atoms in total. The van der Waals surface area contributed by atoms with Crippen molar-refractivity contribution < 1.29 is 9.47 Å². The van der Waals surface area contributed by atoms with Crippen molar-refractivity contribution in [3.8, 4) is 5.75 Å². The standard InChI is InChI=1S/C16H27NO2/c1-3-5-12-19-16-9-6-8-15(13-16)14-17-10-7-11-18-4-2/h6,8-9,13,17H,3-5,7,10-12,14H2,1-2H3. The topological polar surface area (TPSA) is 30.5 Å². The molecule has 0 bridgehead atoms. The highest BCUT2D eigenvalue weighted by molar-refractivity contribution is 5.28. The Hall–Kier alpha value is -1.06. The molecule has 0 heterocycles. The van der Waals surface area contributed by atoms with Crippen LogP contribution in [0, 0.1) is 0 Å². The molecule has 1 N–H and O–H groups in total. The summed E-state index contributed by atoms with van der Waals surface area (Å²) in [5.41, 5.74) is 1.27. The van der Waals surface area contributed by atoms with Gasteiger partial charge >= 0.3 is 0 Å². The fourth-order valence-electron chi connectivity index (χ4n) is 1.76. The van der Waals surface area contributed by atoms with Gasteiger partial charge in [-0.3, -0.25) is 0 Å². The van der Waals surface area contributed by atoms with E-state index in [1.807, 2.05) is 13.0 Å². The maximum Gasteiger partial charge on any atom is 0.119 e. The zero-order valence-electron chi connectivity index (χ0n) is 12.3. The summed E-state index contributed by atoms with van der Waals surface area (Å²) in [5, 5.41) is 3.42. The first-order chi connectivity index (χ1) is 9.36. The number of nitrogens with one attached hydrogen (secondary N) is 1. The molecule has 0 aliphatic rings. The number of hydrogen-bond donors (Lipinski definition) is 1. The van der Waals surface area contributed by atoms with Crippen LogP contribution in [0.3, 0.4) is 0 Å². The fraction of sp³-hybridized carbons (Fsp3) is 0.625. The third kappa shape index (κ3) is 7.85. The minimum absolute atomic E-state index is 0.803. The van der Waals surface area contributed by atoms with Crippen LogP contribution in [-0.4, -0.2) is 26.4 Å². The summed E-state index contributed by atoms with van der Waals surface area (Å²) in [7, 11) is 0. The van der Waals surface area contributed by atoms with E-state index in [4.69, 9.17) is 9.47 Å². The maximum atomic E-state index is 5.70. The first kappa shape index (κ1) is 16.0. The van der Waals surface area contributed by atoms with Crippen molar-refractivity contribution in [1.82, 2.24) is 5.32 Å². The molecule has 0 amide bonds. The van der Waals surface area contributed by atoms with Gasteiger partial charge in [0.25, 0.3) is 0 Å². The third-order valence-electron chi connectivity index (χ3n) is 2.84. The van der Waals surface area contributed by atoms with Gasteiger partial charge in [0.15, 0.2) is 0 Å². The van der Waals surface area contributed by atoms with Crippen molar-refractivity contribution in [2.75, 3.05) is 26.4 Å². The van der Waals surface area contributed by atoms with Gasteiger partial charge in [0.2, 0.25) is 0 Å². The smallest absolute Gasteiger partial charge is 0.119 e. The number of ether oxygens (including phenoxy) is 2. The molecule has 0 aliphatic heterocycles. The van der Waals surface area contributed by atoms with Crippen LogP contribution in [0.5, 0.6) is 5.75 Å². The van der Waals surface area contributed by atoms with E-state index in [2.05, 4.69) is 30.4 Å². The normalized spacial score (nSPS) is 10.6. The molecule has 1 aromatic carbocycles. The molecular formula is C16H27NO2. The number of unbranched alkanes of at least 4 members (excludes halogenated alkanes) is 1. The van der Waals surface area contributed by atoms with Crippen LogP contribution in [0.4, 0.5) is 0 Å². The van der Waals surface area contributed by atoms with Crippen molar-refractivity contribution in [1.29, 1.82) is 0 Å². The average molecular weight is 265 g/mol. The molecular weight excluding hydrogens is 238 g/mol. The predicted octanol–water partition coefficient (Wildman–Crippen LogP) is 3.38. The van der Waals surface area contributed by atoms with Crippen LogP contribution in [0.2, 0.25) is 0 Å². The molecule has 0 saturated carbocycles. The molecule has 3 heteroatoms. The molecule has 19 heavy (non-hydrogen) atoms. The average Bonchev–Trinajstić information content (AvgIpc) is 2.43. The van der Waals surface area contributed by atoms with Gasteiger partial charge in [-0.15, -0.1) is 0 Å². The minimum Gasteiger partial charge on any atom is -0.494 e. The van der Waals surface area contributed by atoms with Crippen LogP contribution >= 0.6 is 0 Å². The number of hydrogen-bond acceptors (Lipinski definition) is 3. The van der Waals surface area contributed by atoms with Crippen molar-refractivity contribution in [2.45, 2.75) is 39.7 Å². The first-order valence-corrected chi connectivity index (χ1v) is 7.37. The SMILES string of the molecule is CCCCOc1cccc(CNCCCOCC)c1. The van der Waals surface area contributed by atoms with Gasteiger partial charge in [-0.25, -0.2) is 0 Å². The predicted molar refractivity (Wildman–Crippen MR) is 79.7 cm³/mol. The Morgan fingerprint density at radius 2 is 2.00 bits per heavy atom. The molecule has 0 atom stereocenters. The van der Waals surface area contributed by atoms with E-state index in [1.54, 1.807) is 0 Å². The summed E-state index contributed by atoms with van der Waals surface area (Å²) in [6.07, 6.45) is 3.33. The Morgan fingerprint density at radius 1 is 1.11 bits per heavy atom. The Bertz CT molecular complexity index is 328. The van der Waals surface area contributed by atoms with E-state index in [9.17, 15) is 0 Å². The molecule has 1 aromatic rings. The highest BCUT2D eigenvalue weighted by Crippen LogP contribution is 2.13. The number of rotatable bonds is 11. The second-order valence-corrected chi connectivity index (χ2v) is 4.58. The summed E-state index contributed by atoms with van der Waals surface area (Å²) in [5.74, 6) is 0.974. The lowest BCUT2D eigenvalue weighted by molar-refractivity contribution is 0.144. The lowest BCUT2D eigenvalue weighted by atomic mass is 10.2. The second kappa shape index (κ2) is 10.8. The maximum absolute atomic E-state index is 5.70. The number of benzene rings is 1. The monoisotopic (exact) mass is 265 g/mol. The largest absolute Gasteiger partial charge is 0.494 e. The van der Waals surface area contributed by atoms with E-state index in [0.717, 1.165) is 51.5 Å².